The highest BCUT2D eigenvalue weighted by atomic mass is 15.3. The van der Waals surface area contributed by atoms with Gasteiger partial charge in [0.2, 0.25) is 0 Å². The number of aryl methyl sites for hydroxylation is 1. The second-order valence-corrected chi connectivity index (χ2v) is 3.97. The van der Waals surface area contributed by atoms with Gasteiger partial charge in [0, 0.05) is 5.69 Å². The molecule has 0 aliphatic carbocycles. The lowest BCUT2D eigenvalue weighted by molar-refractivity contribution is 0.794. The Bertz CT molecular complexity index is 469. The van der Waals surface area contributed by atoms with Crippen LogP contribution in [-0.4, -0.2) is 9.78 Å². The first kappa shape index (κ1) is 10.9. The molecule has 0 atom stereocenters. The van der Waals surface area contributed by atoms with Gasteiger partial charge in [-0.05, 0) is 37.5 Å². The molecule has 16 heavy (non-hydrogen) atoms. The van der Waals surface area contributed by atoms with E-state index in [9.17, 15) is 0 Å². The average molecular weight is 214 g/mol. The van der Waals surface area contributed by atoms with Gasteiger partial charge < -0.3 is 0 Å². The van der Waals surface area contributed by atoms with Gasteiger partial charge in [-0.3, -0.25) is 0 Å². The van der Waals surface area contributed by atoms with Crippen molar-refractivity contribution in [2.45, 2.75) is 33.6 Å². The number of hydrogen-bond donors (Lipinski definition) is 0. The molecule has 0 amide bonds. The number of nitrogens with zero attached hydrogens (tertiary/aromatic N) is 2. The Labute approximate surface area is 96.9 Å². The molecule has 2 heteroatoms. The van der Waals surface area contributed by atoms with Gasteiger partial charge in [0.05, 0.1) is 11.4 Å². The zero-order valence-electron chi connectivity index (χ0n) is 10.2. The van der Waals surface area contributed by atoms with Gasteiger partial charge in [-0.2, -0.15) is 5.10 Å². The minimum Gasteiger partial charge on any atom is -0.237 e. The fourth-order valence-electron chi connectivity index (χ4n) is 2.12. The lowest BCUT2D eigenvalue weighted by Crippen LogP contribution is -2.01. The molecule has 0 spiro atoms. The topological polar surface area (TPSA) is 17.8 Å². The van der Waals surface area contributed by atoms with Gasteiger partial charge in [-0.25, -0.2) is 4.68 Å². The highest BCUT2D eigenvalue weighted by molar-refractivity contribution is 5.37. The molecule has 0 bridgehead atoms. The van der Waals surface area contributed by atoms with Crippen LogP contribution in [0.5, 0.6) is 0 Å². The lowest BCUT2D eigenvalue weighted by atomic mass is 10.1. The Kier molecular flexibility index (Phi) is 3.09. The molecule has 0 radical (unpaired) electrons. The Morgan fingerprint density at radius 2 is 1.75 bits per heavy atom. The average Bonchev–Trinajstić information content (AvgIpc) is 2.66. The Hall–Kier alpha value is -1.57. The zero-order valence-corrected chi connectivity index (χ0v) is 10.2. The third-order valence-corrected chi connectivity index (χ3v) is 3.01. The Balaban J connectivity index is 2.57. The third kappa shape index (κ3) is 1.75. The molecule has 1 aromatic heterocycles. The van der Waals surface area contributed by atoms with Crippen LogP contribution in [0.25, 0.3) is 5.69 Å². The first-order chi connectivity index (χ1) is 7.77. The van der Waals surface area contributed by atoms with E-state index in [1.165, 1.54) is 17.0 Å². The van der Waals surface area contributed by atoms with Gasteiger partial charge in [0.1, 0.15) is 0 Å². The molecular formula is C14H18N2. The summed E-state index contributed by atoms with van der Waals surface area (Å²) in [7, 11) is 0. The number of rotatable bonds is 3. The van der Waals surface area contributed by atoms with E-state index in [0.717, 1.165) is 18.5 Å². The summed E-state index contributed by atoms with van der Waals surface area (Å²) >= 11 is 0. The van der Waals surface area contributed by atoms with Crippen molar-refractivity contribution in [2.75, 3.05) is 0 Å². The maximum absolute atomic E-state index is 4.69. The van der Waals surface area contributed by atoms with E-state index >= 15 is 0 Å². The molecular weight excluding hydrogens is 196 g/mol. The van der Waals surface area contributed by atoms with Crippen molar-refractivity contribution in [3.63, 3.8) is 0 Å². The summed E-state index contributed by atoms with van der Waals surface area (Å²) in [5, 5.41) is 4.69. The molecule has 1 heterocycles. The van der Waals surface area contributed by atoms with Crippen molar-refractivity contribution in [1.29, 1.82) is 0 Å². The molecule has 1 aromatic carbocycles. The second kappa shape index (κ2) is 4.52. The highest BCUT2D eigenvalue weighted by Crippen LogP contribution is 2.18. The summed E-state index contributed by atoms with van der Waals surface area (Å²) in [6.45, 7) is 6.51. The maximum atomic E-state index is 4.69. The summed E-state index contributed by atoms with van der Waals surface area (Å²) < 4.78 is 2.08. The van der Waals surface area contributed by atoms with Crippen molar-refractivity contribution in [3.05, 3.63) is 47.3 Å². The Morgan fingerprint density at radius 3 is 2.31 bits per heavy atom. The largest absolute Gasteiger partial charge is 0.237 e. The summed E-state index contributed by atoms with van der Waals surface area (Å²) in [4.78, 5) is 0. The van der Waals surface area contributed by atoms with Crippen LogP contribution in [0, 0.1) is 6.92 Å². The Morgan fingerprint density at radius 1 is 1.06 bits per heavy atom. The molecule has 0 N–H and O–H groups in total. The van der Waals surface area contributed by atoms with Crippen LogP contribution in [0.2, 0.25) is 0 Å². The molecule has 2 aromatic rings. The van der Waals surface area contributed by atoms with E-state index in [1.54, 1.807) is 0 Å². The minimum atomic E-state index is 0.999. The van der Waals surface area contributed by atoms with Crippen LogP contribution in [0.4, 0.5) is 0 Å². The first-order valence-electron chi connectivity index (χ1n) is 5.90. The van der Waals surface area contributed by atoms with Crippen LogP contribution >= 0.6 is 0 Å². The van der Waals surface area contributed by atoms with E-state index in [1.807, 2.05) is 6.07 Å². The summed E-state index contributed by atoms with van der Waals surface area (Å²) in [6, 6.07) is 10.3. The van der Waals surface area contributed by atoms with E-state index in [-0.39, 0.29) is 0 Å². The van der Waals surface area contributed by atoms with Crippen molar-refractivity contribution in [3.8, 4) is 5.69 Å². The second-order valence-electron chi connectivity index (χ2n) is 3.97. The normalized spacial score (nSPS) is 10.7. The minimum absolute atomic E-state index is 0.999. The maximum Gasteiger partial charge on any atom is 0.0658 e. The lowest BCUT2D eigenvalue weighted by Gasteiger charge is -2.05. The molecule has 2 nitrogen and oxygen atoms in total. The van der Waals surface area contributed by atoms with Crippen LogP contribution in [0.3, 0.4) is 0 Å². The smallest absolute Gasteiger partial charge is 0.0658 e. The monoisotopic (exact) mass is 214 g/mol. The fraction of sp³-hybridized carbons (Fsp3) is 0.357. The zero-order chi connectivity index (χ0) is 11.5. The van der Waals surface area contributed by atoms with Crippen LogP contribution in [0.1, 0.15) is 30.8 Å². The number of hydrogen-bond acceptors (Lipinski definition) is 1. The van der Waals surface area contributed by atoms with Crippen LogP contribution < -0.4 is 0 Å². The predicted molar refractivity (Wildman–Crippen MR) is 67.1 cm³/mol. The molecule has 0 unspecified atom stereocenters. The van der Waals surface area contributed by atoms with E-state index in [0.29, 0.717) is 0 Å². The van der Waals surface area contributed by atoms with E-state index < -0.39 is 0 Å². The molecule has 84 valence electrons. The third-order valence-electron chi connectivity index (χ3n) is 3.01. The number of para-hydroxylation sites is 1. The van der Waals surface area contributed by atoms with Crippen molar-refractivity contribution < 1.29 is 0 Å². The standard InChI is InChI=1S/C14H18N2/c1-4-13-11(3)14(5-2)16(15-13)12-9-7-6-8-10-12/h6-10H,4-5H2,1-3H3. The molecule has 0 fully saturated rings. The van der Waals surface area contributed by atoms with Gasteiger partial charge in [0.25, 0.3) is 0 Å². The van der Waals surface area contributed by atoms with E-state index in [4.69, 9.17) is 0 Å². The number of aromatic nitrogens is 2. The molecule has 0 saturated carbocycles. The van der Waals surface area contributed by atoms with Crippen LogP contribution in [0.15, 0.2) is 30.3 Å². The van der Waals surface area contributed by atoms with Crippen molar-refractivity contribution >= 4 is 0 Å². The van der Waals surface area contributed by atoms with Crippen molar-refractivity contribution in [2.24, 2.45) is 0 Å². The number of benzene rings is 1. The van der Waals surface area contributed by atoms with Gasteiger partial charge in [0.15, 0.2) is 0 Å². The van der Waals surface area contributed by atoms with E-state index in [2.05, 4.69) is 54.8 Å². The highest BCUT2D eigenvalue weighted by Gasteiger charge is 2.12. The quantitative estimate of drug-likeness (QED) is 0.766. The SMILES string of the molecule is CCc1nn(-c2ccccc2)c(CC)c1C. The van der Waals surface area contributed by atoms with Gasteiger partial charge >= 0.3 is 0 Å². The molecule has 0 saturated heterocycles. The predicted octanol–water partition coefficient (Wildman–Crippen LogP) is 3.31. The van der Waals surface area contributed by atoms with Gasteiger partial charge in [-0.15, -0.1) is 0 Å². The molecule has 0 aliphatic heterocycles. The summed E-state index contributed by atoms with van der Waals surface area (Å²) in [5.74, 6) is 0. The van der Waals surface area contributed by atoms with Crippen LogP contribution in [-0.2, 0) is 12.8 Å². The van der Waals surface area contributed by atoms with Gasteiger partial charge in [-0.1, -0.05) is 32.0 Å². The first-order valence-corrected chi connectivity index (χ1v) is 5.90. The summed E-state index contributed by atoms with van der Waals surface area (Å²) in [6.07, 6.45) is 2.02. The van der Waals surface area contributed by atoms with Crippen molar-refractivity contribution in [1.82, 2.24) is 9.78 Å². The molecule has 2 rings (SSSR count). The fourth-order valence-corrected chi connectivity index (χ4v) is 2.12. The summed E-state index contributed by atoms with van der Waals surface area (Å²) in [5.41, 5.74) is 5.03. The molecule has 0 aliphatic rings.